The van der Waals surface area contributed by atoms with Crippen LogP contribution in [0.3, 0.4) is 0 Å². The zero-order valence-corrected chi connectivity index (χ0v) is 19.6. The van der Waals surface area contributed by atoms with Crippen LogP contribution in [0.1, 0.15) is 16.7 Å². The van der Waals surface area contributed by atoms with E-state index in [1.165, 1.54) is 0 Å². The van der Waals surface area contributed by atoms with Gasteiger partial charge in [-0.2, -0.15) is 5.10 Å². The van der Waals surface area contributed by atoms with E-state index in [9.17, 15) is 0 Å². The van der Waals surface area contributed by atoms with Crippen molar-refractivity contribution in [2.45, 2.75) is 13.2 Å². The molecule has 0 aliphatic heterocycles. The third kappa shape index (κ3) is 5.79. The van der Waals surface area contributed by atoms with E-state index in [1.54, 1.807) is 20.4 Å². The molecule has 5 nitrogen and oxygen atoms in total. The maximum Gasteiger partial charge on any atom is 0.174 e. The van der Waals surface area contributed by atoms with Crippen LogP contribution in [0.15, 0.2) is 65.8 Å². The monoisotopic (exact) mass is 536 g/mol. The highest BCUT2D eigenvalue weighted by atomic mass is 127. The highest BCUT2D eigenvalue weighted by molar-refractivity contribution is 14.1. The van der Waals surface area contributed by atoms with Crippen LogP contribution in [-0.2, 0) is 13.2 Å². The first-order chi connectivity index (χ1) is 14.6. The molecule has 0 atom stereocenters. The maximum absolute atomic E-state index is 6.22. The largest absolute Gasteiger partial charge is 0.496 e. The van der Waals surface area contributed by atoms with E-state index in [1.807, 2.05) is 60.7 Å². The highest BCUT2D eigenvalue weighted by Crippen LogP contribution is 2.34. The van der Waals surface area contributed by atoms with Gasteiger partial charge in [-0.25, -0.2) is 0 Å². The average Bonchev–Trinajstić information content (AvgIpc) is 2.77. The van der Waals surface area contributed by atoms with E-state index in [-0.39, 0.29) is 0 Å². The number of methoxy groups -OCH3 is 2. The van der Waals surface area contributed by atoms with Crippen LogP contribution in [0.2, 0.25) is 5.02 Å². The molecule has 0 fully saturated rings. The van der Waals surface area contributed by atoms with Crippen molar-refractivity contribution in [1.82, 2.24) is 5.43 Å². The number of nitrogens with zero attached hydrogens (tertiary/aromatic N) is 1. The second-order valence-electron chi connectivity index (χ2n) is 6.32. The first kappa shape index (κ1) is 22.2. The second-order valence-corrected chi connectivity index (χ2v) is 7.89. The van der Waals surface area contributed by atoms with E-state index in [0.29, 0.717) is 29.7 Å². The molecule has 0 amide bonds. The molecule has 0 aromatic heterocycles. The normalized spacial score (nSPS) is 10.8. The molecule has 0 saturated carbocycles. The Kier molecular flexibility index (Phi) is 8.21. The van der Waals surface area contributed by atoms with Gasteiger partial charge in [0.15, 0.2) is 11.5 Å². The van der Waals surface area contributed by atoms with Gasteiger partial charge in [-0.15, -0.1) is 0 Å². The Balaban J connectivity index is 1.67. The van der Waals surface area contributed by atoms with Gasteiger partial charge in [0, 0.05) is 16.1 Å². The molecule has 0 aliphatic rings. The summed E-state index contributed by atoms with van der Waals surface area (Å²) in [7, 11) is 3.28. The molecule has 7 heteroatoms. The minimum absolute atomic E-state index is 0.361. The van der Waals surface area contributed by atoms with Gasteiger partial charge in [-0.3, -0.25) is 0 Å². The minimum Gasteiger partial charge on any atom is -0.496 e. The van der Waals surface area contributed by atoms with Gasteiger partial charge in [0.2, 0.25) is 0 Å². The third-order valence-corrected chi connectivity index (χ3v) is 5.52. The number of nitrogens with one attached hydrogen (secondary N) is 1. The van der Waals surface area contributed by atoms with Crippen molar-refractivity contribution in [2.75, 3.05) is 14.2 Å². The first-order valence-corrected chi connectivity index (χ1v) is 10.7. The molecule has 3 aromatic carbocycles. The van der Waals surface area contributed by atoms with E-state index in [0.717, 1.165) is 26.0 Å². The summed E-state index contributed by atoms with van der Waals surface area (Å²) < 4.78 is 17.8. The van der Waals surface area contributed by atoms with Crippen molar-refractivity contribution in [3.8, 4) is 17.2 Å². The number of halogens is 2. The number of hydrazone groups is 1. The summed E-state index contributed by atoms with van der Waals surface area (Å²) in [5.41, 5.74) is 5.90. The Labute approximate surface area is 195 Å². The predicted molar refractivity (Wildman–Crippen MR) is 129 cm³/mol. The first-order valence-electron chi connectivity index (χ1n) is 9.24. The molecular formula is C23H22ClIN2O3. The van der Waals surface area contributed by atoms with E-state index < -0.39 is 0 Å². The third-order valence-electron chi connectivity index (χ3n) is 4.35. The number of hydrogen-bond acceptors (Lipinski definition) is 5. The predicted octanol–water partition coefficient (Wildman–Crippen LogP) is 5.66. The molecule has 0 aliphatic carbocycles. The molecule has 0 unspecified atom stereocenters. The fourth-order valence-electron chi connectivity index (χ4n) is 2.82. The van der Waals surface area contributed by atoms with Crippen LogP contribution in [0.25, 0.3) is 0 Å². The Bertz CT molecular complexity index is 1030. The van der Waals surface area contributed by atoms with Gasteiger partial charge in [0.05, 0.1) is 30.5 Å². The van der Waals surface area contributed by atoms with Gasteiger partial charge in [0.1, 0.15) is 12.4 Å². The number of ether oxygens (including phenoxy) is 3. The lowest BCUT2D eigenvalue weighted by Crippen LogP contribution is -2.07. The highest BCUT2D eigenvalue weighted by Gasteiger charge is 2.12. The lowest BCUT2D eigenvalue weighted by atomic mass is 10.2. The summed E-state index contributed by atoms with van der Waals surface area (Å²) in [4.78, 5) is 0. The lowest BCUT2D eigenvalue weighted by molar-refractivity contribution is 0.282. The number of hydrogen-bond donors (Lipinski definition) is 1. The van der Waals surface area contributed by atoms with Crippen molar-refractivity contribution in [3.63, 3.8) is 0 Å². The van der Waals surface area contributed by atoms with Crippen molar-refractivity contribution in [2.24, 2.45) is 5.10 Å². The molecule has 156 valence electrons. The van der Waals surface area contributed by atoms with Gasteiger partial charge in [-0.05, 0) is 52.4 Å². The molecule has 3 aromatic rings. The fourth-order valence-corrected chi connectivity index (χ4v) is 3.79. The van der Waals surface area contributed by atoms with Crippen molar-refractivity contribution < 1.29 is 14.2 Å². The number of rotatable bonds is 9. The van der Waals surface area contributed by atoms with Gasteiger partial charge < -0.3 is 19.6 Å². The fraction of sp³-hybridized carbons (Fsp3) is 0.174. The maximum atomic E-state index is 6.22. The molecular weight excluding hydrogens is 515 g/mol. The molecule has 0 bridgehead atoms. The summed E-state index contributed by atoms with van der Waals surface area (Å²) in [5.74, 6) is 2.15. The van der Waals surface area contributed by atoms with E-state index in [4.69, 9.17) is 25.8 Å². The number of para-hydroxylation sites is 1. The topological polar surface area (TPSA) is 52.1 Å². The van der Waals surface area contributed by atoms with Gasteiger partial charge in [-0.1, -0.05) is 48.0 Å². The van der Waals surface area contributed by atoms with Crippen molar-refractivity contribution >= 4 is 40.4 Å². The van der Waals surface area contributed by atoms with Crippen LogP contribution >= 0.6 is 34.2 Å². The second kappa shape index (κ2) is 11.1. The molecule has 1 N–H and O–H groups in total. The molecule has 3 rings (SSSR count). The molecule has 0 saturated heterocycles. The Hall–Kier alpha value is -2.45. The Morgan fingerprint density at radius 3 is 2.40 bits per heavy atom. The summed E-state index contributed by atoms with van der Waals surface area (Å²) in [5, 5.41) is 4.99. The number of benzene rings is 3. The van der Waals surface area contributed by atoms with Crippen LogP contribution in [-0.4, -0.2) is 20.4 Å². The SMILES string of the molecule is COc1ccccc1CN/N=C/c1cc(I)c(OCc2ccccc2Cl)c(OC)c1. The summed E-state index contributed by atoms with van der Waals surface area (Å²) >= 11 is 8.45. The molecule has 30 heavy (non-hydrogen) atoms. The summed E-state index contributed by atoms with van der Waals surface area (Å²) in [6.07, 6.45) is 1.75. The summed E-state index contributed by atoms with van der Waals surface area (Å²) in [6, 6.07) is 19.3. The van der Waals surface area contributed by atoms with Crippen molar-refractivity contribution in [3.05, 3.63) is 85.9 Å². The quantitative estimate of drug-likeness (QED) is 0.218. The lowest BCUT2D eigenvalue weighted by Gasteiger charge is -2.14. The smallest absolute Gasteiger partial charge is 0.174 e. The minimum atomic E-state index is 0.361. The molecule has 0 heterocycles. The van der Waals surface area contributed by atoms with Crippen LogP contribution in [0.4, 0.5) is 0 Å². The zero-order valence-electron chi connectivity index (χ0n) is 16.7. The van der Waals surface area contributed by atoms with Crippen LogP contribution < -0.4 is 19.6 Å². The van der Waals surface area contributed by atoms with Crippen LogP contribution in [0, 0.1) is 3.57 Å². The molecule has 0 spiro atoms. The Morgan fingerprint density at radius 2 is 1.67 bits per heavy atom. The average molecular weight is 537 g/mol. The standard InChI is InChI=1S/C23H22ClIN2O3/c1-28-21-10-6-4-7-17(21)14-27-26-13-16-11-20(25)23(22(12-16)29-2)30-15-18-8-3-5-9-19(18)24/h3-13,27H,14-15H2,1-2H3/b26-13+. The van der Waals surface area contributed by atoms with Crippen molar-refractivity contribution in [1.29, 1.82) is 0 Å². The van der Waals surface area contributed by atoms with E-state index in [2.05, 4.69) is 33.1 Å². The Morgan fingerprint density at radius 1 is 0.967 bits per heavy atom. The van der Waals surface area contributed by atoms with Gasteiger partial charge >= 0.3 is 0 Å². The van der Waals surface area contributed by atoms with E-state index >= 15 is 0 Å². The zero-order chi connectivity index (χ0) is 21.3. The van der Waals surface area contributed by atoms with Crippen LogP contribution in [0.5, 0.6) is 17.2 Å². The summed E-state index contributed by atoms with van der Waals surface area (Å²) in [6.45, 7) is 0.924. The molecule has 0 radical (unpaired) electrons. The van der Waals surface area contributed by atoms with Gasteiger partial charge in [0.25, 0.3) is 0 Å².